The summed E-state index contributed by atoms with van der Waals surface area (Å²) < 4.78 is 39.9. The molecule has 0 aliphatic rings. The molecule has 0 aliphatic heterocycles. The van der Waals surface area contributed by atoms with Crippen LogP contribution in [-0.2, 0) is 20.1 Å². The van der Waals surface area contributed by atoms with Crippen LogP contribution in [0, 0.1) is 19.0 Å². The summed E-state index contributed by atoms with van der Waals surface area (Å²) >= 11 is 0. The van der Waals surface area contributed by atoms with Crippen LogP contribution in [0.1, 0.15) is 87.0 Å². The summed E-state index contributed by atoms with van der Waals surface area (Å²) in [6, 6.07) is 54.1. The first-order valence-corrected chi connectivity index (χ1v) is 25.8. The topological polar surface area (TPSA) is 43.9 Å². The summed E-state index contributed by atoms with van der Waals surface area (Å²) in [5.74, 6) is 0.781. The zero-order valence-electron chi connectivity index (χ0n) is 42.6. The molecule has 6 heteroatoms. The molecule has 10 aromatic rings. The zero-order chi connectivity index (χ0) is 48.3. The van der Waals surface area contributed by atoms with Gasteiger partial charge in [-0.2, -0.15) is 0 Å². The molecule has 10 rings (SSSR count). The van der Waals surface area contributed by atoms with Crippen LogP contribution in [0.2, 0.25) is 19.6 Å². The van der Waals surface area contributed by atoms with Crippen molar-refractivity contribution < 1.29 is 30.0 Å². The SMILES string of the molecule is CC(C)c1cccc(C(C)C)c1-n1c(-c2[c-]ccc3c2oc2cc(-c4ccccc4)ccc23)nc2ccc3ccccc3c21.[2H]C([2H])([2H])c1c[c-]c(-c2cc(C([2H])(C)C)c([Si](C)(C)C)cn2)cc1.[Ir]. The molecule has 0 saturated carbocycles. The Morgan fingerprint density at radius 1 is 0.692 bits per heavy atom. The Morgan fingerprint density at radius 2 is 1.43 bits per heavy atom. The summed E-state index contributed by atoms with van der Waals surface area (Å²) in [6.07, 6.45) is 1.89. The van der Waals surface area contributed by atoms with Gasteiger partial charge in [0, 0.05) is 48.2 Å². The Hall–Kier alpha value is -5.91. The van der Waals surface area contributed by atoms with Crippen LogP contribution in [0.15, 0.2) is 150 Å². The molecule has 4 nitrogen and oxygen atoms in total. The van der Waals surface area contributed by atoms with Crippen molar-refractivity contribution in [3.63, 3.8) is 0 Å². The van der Waals surface area contributed by atoms with E-state index >= 15 is 0 Å². The Kier molecular flexibility index (Phi) is 11.6. The van der Waals surface area contributed by atoms with Gasteiger partial charge in [-0.1, -0.05) is 182 Å². The molecule has 0 aliphatic carbocycles. The summed E-state index contributed by atoms with van der Waals surface area (Å²) in [4.78, 5) is 9.93. The van der Waals surface area contributed by atoms with Gasteiger partial charge in [0.05, 0.1) is 30.5 Å². The number of hydrogen-bond acceptors (Lipinski definition) is 3. The van der Waals surface area contributed by atoms with E-state index in [4.69, 9.17) is 14.9 Å². The van der Waals surface area contributed by atoms with E-state index in [1.165, 1.54) is 44.4 Å². The molecule has 0 atom stereocenters. The Balaban J connectivity index is 0.000000219. The number of pyridine rings is 1. The van der Waals surface area contributed by atoms with E-state index in [-0.39, 0.29) is 25.7 Å². The number of aromatic nitrogens is 3. The fourth-order valence-corrected chi connectivity index (χ4v) is 10.5. The van der Waals surface area contributed by atoms with Gasteiger partial charge in [-0.05, 0) is 68.4 Å². The monoisotopic (exact) mass is 1050 g/mol. The zero-order valence-corrected chi connectivity index (χ0v) is 42.0. The largest absolute Gasteiger partial charge is 0.501 e. The van der Waals surface area contributed by atoms with Gasteiger partial charge in [0.15, 0.2) is 0 Å². The summed E-state index contributed by atoms with van der Waals surface area (Å²) in [7, 11) is -1.61. The van der Waals surface area contributed by atoms with Gasteiger partial charge in [-0.3, -0.25) is 4.98 Å². The molecule has 65 heavy (non-hydrogen) atoms. The molecule has 0 fully saturated rings. The van der Waals surface area contributed by atoms with Crippen molar-refractivity contribution in [2.45, 2.75) is 85.8 Å². The quantitative estimate of drug-likeness (QED) is 0.113. The fourth-order valence-electron chi connectivity index (χ4n) is 8.91. The molecular weight excluding hydrogens is 987 g/mol. The minimum atomic E-state index is -2.13. The van der Waals surface area contributed by atoms with E-state index in [0.29, 0.717) is 11.8 Å². The van der Waals surface area contributed by atoms with Crippen LogP contribution in [0.25, 0.3) is 83.2 Å². The molecule has 3 aromatic heterocycles. The first kappa shape index (κ1) is 40.6. The first-order valence-electron chi connectivity index (χ1n) is 24.3. The van der Waals surface area contributed by atoms with Crippen LogP contribution < -0.4 is 5.19 Å². The fraction of sp³-hybridized carbons (Fsp3) is 0.220. The predicted octanol–water partition coefficient (Wildman–Crippen LogP) is 16.0. The van der Waals surface area contributed by atoms with Gasteiger partial charge in [0.2, 0.25) is 0 Å². The van der Waals surface area contributed by atoms with Gasteiger partial charge in [-0.25, -0.2) is 0 Å². The molecule has 0 spiro atoms. The summed E-state index contributed by atoms with van der Waals surface area (Å²) in [6.45, 7) is 17.5. The van der Waals surface area contributed by atoms with Gasteiger partial charge >= 0.3 is 0 Å². The Labute approximate surface area is 404 Å². The number of furan rings is 1. The van der Waals surface area contributed by atoms with Crippen LogP contribution in [0.4, 0.5) is 0 Å². The van der Waals surface area contributed by atoms with Crippen molar-refractivity contribution in [2.75, 3.05) is 0 Å². The molecule has 1 radical (unpaired) electrons. The van der Waals surface area contributed by atoms with Crippen molar-refractivity contribution in [2.24, 2.45) is 0 Å². The van der Waals surface area contributed by atoms with E-state index in [1.807, 2.05) is 38.2 Å². The number of rotatable bonds is 8. The number of fused-ring (bicyclic) bond motifs is 6. The Morgan fingerprint density at radius 3 is 2.11 bits per heavy atom. The van der Waals surface area contributed by atoms with Crippen molar-refractivity contribution >= 4 is 57.0 Å². The number of benzene rings is 7. The molecule has 0 saturated heterocycles. The Bertz CT molecular complexity index is 3440. The summed E-state index contributed by atoms with van der Waals surface area (Å²) in [5, 5.41) is 5.72. The van der Waals surface area contributed by atoms with E-state index in [2.05, 4.69) is 172 Å². The van der Waals surface area contributed by atoms with Gasteiger partial charge in [-0.15, -0.1) is 53.6 Å². The molecule has 0 amide bonds. The van der Waals surface area contributed by atoms with Crippen LogP contribution >= 0.6 is 0 Å². The van der Waals surface area contributed by atoms with E-state index < -0.39 is 20.8 Å². The average Bonchev–Trinajstić information content (AvgIpc) is 3.89. The van der Waals surface area contributed by atoms with Gasteiger partial charge in [0.25, 0.3) is 0 Å². The molecular formula is C59H57IrN3OSi-2. The number of aryl methyl sites for hydroxylation is 1. The van der Waals surface area contributed by atoms with Crippen LogP contribution in [0.5, 0.6) is 0 Å². The van der Waals surface area contributed by atoms with Crippen LogP contribution in [-0.4, -0.2) is 22.6 Å². The number of nitrogens with zero attached hydrogens (tertiary/aromatic N) is 3. The molecule has 329 valence electrons. The van der Waals surface area contributed by atoms with Crippen LogP contribution in [0.3, 0.4) is 0 Å². The van der Waals surface area contributed by atoms with Gasteiger partial charge in [0.1, 0.15) is 5.58 Å². The number of imidazole rings is 1. The minimum Gasteiger partial charge on any atom is -0.501 e. The van der Waals surface area contributed by atoms with E-state index in [9.17, 15) is 0 Å². The molecule has 7 aromatic carbocycles. The van der Waals surface area contributed by atoms with Crippen molar-refractivity contribution in [1.29, 1.82) is 0 Å². The number of para-hydroxylation sites is 1. The smallest absolute Gasteiger partial charge is 0.121 e. The average molecular weight is 1050 g/mol. The molecule has 0 N–H and O–H groups in total. The molecule has 0 bridgehead atoms. The maximum absolute atomic E-state index is 8.48. The van der Waals surface area contributed by atoms with E-state index in [1.54, 1.807) is 12.1 Å². The third-order valence-electron chi connectivity index (χ3n) is 12.2. The normalized spacial score (nSPS) is 13.1. The second-order valence-corrected chi connectivity index (χ2v) is 23.7. The molecule has 3 heterocycles. The van der Waals surface area contributed by atoms with Crippen molar-refractivity contribution in [3.05, 3.63) is 180 Å². The maximum Gasteiger partial charge on any atom is 0.121 e. The van der Waals surface area contributed by atoms with Crippen molar-refractivity contribution in [1.82, 2.24) is 14.5 Å². The number of hydrogen-bond donors (Lipinski definition) is 0. The summed E-state index contributed by atoms with van der Waals surface area (Å²) in [5.41, 5.74) is 13.4. The standard InChI is InChI=1S/C41H33N2O.C18H24NSi.Ir/c1-25(2)30-16-10-17-31(26(3)4)38(30)43-39-32-15-9-8-14-28(32)21-23-36(39)42-41(43)35-19-11-18-34-33-22-20-29(24-37(33)44-40(34)35)27-12-6-5-7-13-27;1-13(2)16-11-17(15-9-7-14(3)8-10-15)19-12-18(16)20(4,5)6;/h5-18,20-26H,1-4H3;7-9,11-13H,1-6H3;/q2*-1;/i;3D3,13D;. The second kappa shape index (κ2) is 18.5. The van der Waals surface area contributed by atoms with Gasteiger partial charge < -0.3 is 14.0 Å². The minimum absolute atomic E-state index is 0. The third-order valence-corrected chi connectivity index (χ3v) is 14.2. The predicted molar refractivity (Wildman–Crippen MR) is 274 cm³/mol. The second-order valence-electron chi connectivity index (χ2n) is 18.7. The van der Waals surface area contributed by atoms with E-state index in [0.717, 1.165) is 66.7 Å². The first-order chi connectivity index (χ1) is 32.3. The van der Waals surface area contributed by atoms with Crippen molar-refractivity contribution in [3.8, 4) is 39.5 Å². The molecule has 0 unspecified atom stereocenters. The maximum atomic E-state index is 8.48. The third kappa shape index (κ3) is 8.80.